The molecular formula is C18H20F3NO3. The van der Waals surface area contributed by atoms with Crippen LogP contribution >= 0.6 is 0 Å². The lowest BCUT2D eigenvalue weighted by molar-refractivity contribution is -0.137. The Morgan fingerprint density at radius 3 is 2.28 bits per heavy atom. The maximum atomic E-state index is 12.6. The van der Waals surface area contributed by atoms with Gasteiger partial charge in [-0.25, -0.2) is 9.69 Å². The summed E-state index contributed by atoms with van der Waals surface area (Å²) in [6.07, 6.45) is -2.56. The van der Waals surface area contributed by atoms with Gasteiger partial charge in [0.1, 0.15) is 5.60 Å². The van der Waals surface area contributed by atoms with Crippen LogP contribution in [0.3, 0.4) is 0 Å². The predicted molar refractivity (Wildman–Crippen MR) is 86.6 cm³/mol. The van der Waals surface area contributed by atoms with Crippen LogP contribution in [0.25, 0.3) is 6.08 Å². The third kappa shape index (κ3) is 5.08. The quantitative estimate of drug-likeness (QED) is 0.689. The highest BCUT2D eigenvalue weighted by atomic mass is 19.4. The van der Waals surface area contributed by atoms with E-state index in [2.05, 4.69) is 0 Å². The molecule has 0 aliphatic carbocycles. The Hall–Kier alpha value is -2.31. The van der Waals surface area contributed by atoms with E-state index < -0.39 is 29.3 Å². The van der Waals surface area contributed by atoms with E-state index >= 15 is 0 Å². The van der Waals surface area contributed by atoms with Crippen molar-refractivity contribution in [1.29, 1.82) is 0 Å². The van der Waals surface area contributed by atoms with E-state index in [4.69, 9.17) is 4.74 Å². The Morgan fingerprint density at radius 2 is 1.76 bits per heavy atom. The molecule has 25 heavy (non-hydrogen) atoms. The molecule has 0 saturated carbocycles. The van der Waals surface area contributed by atoms with E-state index in [1.165, 1.54) is 18.2 Å². The van der Waals surface area contributed by atoms with Gasteiger partial charge in [-0.2, -0.15) is 13.2 Å². The summed E-state index contributed by atoms with van der Waals surface area (Å²) in [7, 11) is 0. The smallest absolute Gasteiger partial charge is 0.417 e. The molecule has 1 saturated heterocycles. The second kappa shape index (κ2) is 6.90. The predicted octanol–water partition coefficient (Wildman–Crippen LogP) is 4.65. The number of benzene rings is 1. The number of halogens is 3. The SMILES string of the molecule is CC(C)(C)OC(=O)N1CCC/C(=C\c2ccc(C(F)(F)F)cc2)C1=O. The fourth-order valence-corrected chi connectivity index (χ4v) is 2.40. The van der Waals surface area contributed by atoms with Gasteiger partial charge in [-0.15, -0.1) is 0 Å². The van der Waals surface area contributed by atoms with Crippen LogP contribution in [0, 0.1) is 0 Å². The highest BCUT2D eigenvalue weighted by molar-refractivity contribution is 6.05. The Kier molecular flexibility index (Phi) is 5.25. The number of ether oxygens (including phenoxy) is 1. The second-order valence-corrected chi connectivity index (χ2v) is 6.83. The molecule has 2 amide bonds. The highest BCUT2D eigenvalue weighted by Crippen LogP contribution is 2.30. The summed E-state index contributed by atoms with van der Waals surface area (Å²) in [5.74, 6) is -0.472. The second-order valence-electron chi connectivity index (χ2n) is 6.83. The number of hydrogen-bond acceptors (Lipinski definition) is 3. The monoisotopic (exact) mass is 355 g/mol. The van der Waals surface area contributed by atoms with Crippen LogP contribution in [-0.4, -0.2) is 29.0 Å². The van der Waals surface area contributed by atoms with E-state index in [9.17, 15) is 22.8 Å². The lowest BCUT2D eigenvalue weighted by Crippen LogP contribution is -2.44. The summed E-state index contributed by atoms with van der Waals surface area (Å²) < 4.78 is 43.0. The molecule has 1 aromatic rings. The molecule has 0 unspecified atom stereocenters. The first kappa shape index (κ1) is 19.0. The number of likely N-dealkylation sites (tertiary alicyclic amines) is 1. The molecule has 1 heterocycles. The van der Waals surface area contributed by atoms with Gasteiger partial charge in [0.15, 0.2) is 0 Å². The van der Waals surface area contributed by atoms with E-state index in [0.717, 1.165) is 17.0 Å². The number of imide groups is 1. The molecule has 136 valence electrons. The van der Waals surface area contributed by atoms with Crippen molar-refractivity contribution in [3.63, 3.8) is 0 Å². The number of carbonyl (C=O) groups is 2. The van der Waals surface area contributed by atoms with E-state index in [0.29, 0.717) is 24.0 Å². The van der Waals surface area contributed by atoms with E-state index in [-0.39, 0.29) is 6.54 Å². The summed E-state index contributed by atoms with van der Waals surface area (Å²) in [5.41, 5.74) is -0.620. The summed E-state index contributed by atoms with van der Waals surface area (Å²) in [5, 5.41) is 0. The van der Waals surface area contributed by atoms with Gasteiger partial charge < -0.3 is 4.74 Å². The van der Waals surface area contributed by atoms with Crippen molar-refractivity contribution in [1.82, 2.24) is 4.90 Å². The molecule has 1 fully saturated rings. The van der Waals surface area contributed by atoms with Gasteiger partial charge in [-0.1, -0.05) is 12.1 Å². The van der Waals surface area contributed by atoms with Crippen LogP contribution in [-0.2, 0) is 15.7 Å². The zero-order valence-electron chi connectivity index (χ0n) is 14.3. The molecule has 0 bridgehead atoms. The Balaban J connectivity index is 2.17. The lowest BCUT2D eigenvalue weighted by atomic mass is 10.0. The van der Waals surface area contributed by atoms with Gasteiger partial charge in [0.05, 0.1) is 5.56 Å². The van der Waals surface area contributed by atoms with Gasteiger partial charge in [-0.3, -0.25) is 4.79 Å². The molecule has 7 heteroatoms. The molecule has 2 rings (SSSR count). The van der Waals surface area contributed by atoms with Crippen LogP contribution in [0.4, 0.5) is 18.0 Å². The zero-order valence-corrected chi connectivity index (χ0v) is 14.3. The van der Waals surface area contributed by atoms with Gasteiger partial charge in [-0.05, 0) is 57.4 Å². The fourth-order valence-electron chi connectivity index (χ4n) is 2.40. The number of nitrogens with zero attached hydrogens (tertiary/aromatic N) is 1. The standard InChI is InChI=1S/C18H20F3NO3/c1-17(2,3)25-16(24)22-10-4-5-13(15(22)23)11-12-6-8-14(9-7-12)18(19,20)21/h6-9,11H,4-5,10H2,1-3H3/b13-11+. The minimum atomic E-state index is -4.40. The molecule has 4 nitrogen and oxygen atoms in total. The number of rotatable bonds is 1. The first-order valence-electron chi connectivity index (χ1n) is 7.90. The number of alkyl halides is 3. The molecule has 1 aliphatic rings. The maximum Gasteiger partial charge on any atom is 0.417 e. The van der Waals surface area contributed by atoms with Crippen molar-refractivity contribution in [2.45, 2.75) is 45.4 Å². The molecule has 0 atom stereocenters. The Labute approximate surface area is 144 Å². The maximum absolute atomic E-state index is 12.6. The fraction of sp³-hybridized carbons (Fsp3) is 0.444. The molecule has 0 aromatic heterocycles. The van der Waals surface area contributed by atoms with Crippen molar-refractivity contribution < 1.29 is 27.5 Å². The molecule has 0 spiro atoms. The van der Waals surface area contributed by atoms with Crippen molar-refractivity contribution >= 4 is 18.1 Å². The van der Waals surface area contributed by atoms with Crippen LogP contribution in [0.2, 0.25) is 0 Å². The van der Waals surface area contributed by atoms with Gasteiger partial charge in [0.25, 0.3) is 5.91 Å². The van der Waals surface area contributed by atoms with Gasteiger partial charge in [0.2, 0.25) is 0 Å². The largest absolute Gasteiger partial charge is 0.443 e. The number of carbonyl (C=O) groups excluding carboxylic acids is 2. The summed E-state index contributed by atoms with van der Waals surface area (Å²) in [4.78, 5) is 25.6. The average Bonchev–Trinajstić information content (AvgIpc) is 2.47. The Morgan fingerprint density at radius 1 is 1.16 bits per heavy atom. The van der Waals surface area contributed by atoms with E-state index in [1.807, 2.05) is 0 Å². The molecule has 1 aromatic carbocycles. The molecule has 0 radical (unpaired) electrons. The third-order valence-electron chi connectivity index (χ3n) is 3.54. The van der Waals surface area contributed by atoms with Crippen LogP contribution in [0.1, 0.15) is 44.7 Å². The summed E-state index contributed by atoms with van der Waals surface area (Å²) in [6.45, 7) is 5.38. The normalized spacial score (nSPS) is 17.8. The van der Waals surface area contributed by atoms with Crippen molar-refractivity contribution in [2.24, 2.45) is 0 Å². The van der Waals surface area contributed by atoms with Crippen LogP contribution in [0.5, 0.6) is 0 Å². The minimum Gasteiger partial charge on any atom is -0.443 e. The number of amides is 2. The van der Waals surface area contributed by atoms with E-state index in [1.54, 1.807) is 20.8 Å². The van der Waals surface area contributed by atoms with Crippen molar-refractivity contribution in [3.8, 4) is 0 Å². The minimum absolute atomic E-state index is 0.262. The van der Waals surface area contributed by atoms with Crippen LogP contribution in [0.15, 0.2) is 29.8 Å². The third-order valence-corrected chi connectivity index (χ3v) is 3.54. The first-order valence-corrected chi connectivity index (χ1v) is 7.90. The highest BCUT2D eigenvalue weighted by Gasteiger charge is 2.32. The average molecular weight is 355 g/mol. The van der Waals surface area contributed by atoms with Crippen molar-refractivity contribution in [3.05, 3.63) is 41.0 Å². The van der Waals surface area contributed by atoms with Gasteiger partial charge >= 0.3 is 12.3 Å². The molecular weight excluding hydrogens is 335 g/mol. The van der Waals surface area contributed by atoms with Crippen LogP contribution < -0.4 is 0 Å². The molecule has 1 aliphatic heterocycles. The Bertz CT molecular complexity index is 685. The van der Waals surface area contributed by atoms with Gasteiger partial charge in [0, 0.05) is 12.1 Å². The van der Waals surface area contributed by atoms with Crippen molar-refractivity contribution in [2.75, 3.05) is 6.54 Å². The first-order chi connectivity index (χ1) is 11.5. The zero-order chi connectivity index (χ0) is 18.8. The number of hydrogen-bond donors (Lipinski definition) is 0. The number of piperidine rings is 1. The lowest BCUT2D eigenvalue weighted by Gasteiger charge is -2.29. The molecule has 0 N–H and O–H groups in total. The summed E-state index contributed by atoms with van der Waals surface area (Å²) >= 11 is 0. The topological polar surface area (TPSA) is 46.6 Å². The summed E-state index contributed by atoms with van der Waals surface area (Å²) in [6, 6.07) is 4.53.